The fraction of sp³-hybridized carbons (Fsp3) is 0.133. The Morgan fingerprint density at radius 1 is 1.30 bits per heavy atom. The van der Waals surface area contributed by atoms with Gasteiger partial charge in [-0.3, -0.25) is 4.79 Å². The summed E-state index contributed by atoms with van der Waals surface area (Å²) >= 11 is 0. The normalized spacial score (nSPS) is 9.65. The van der Waals surface area contributed by atoms with Gasteiger partial charge in [-0.25, -0.2) is 4.98 Å². The fourth-order valence-corrected chi connectivity index (χ4v) is 1.66. The fourth-order valence-electron chi connectivity index (χ4n) is 1.66. The minimum atomic E-state index is -0.252. The number of nitrogens with zero attached hydrogens (tertiary/aromatic N) is 3. The number of amides is 1. The Morgan fingerprint density at radius 2 is 2.10 bits per heavy atom. The van der Waals surface area contributed by atoms with Crippen LogP contribution >= 0.6 is 0 Å². The van der Waals surface area contributed by atoms with Crippen molar-refractivity contribution >= 4 is 17.3 Å². The molecule has 2 rings (SSSR count). The average Bonchev–Trinajstić information content (AvgIpc) is 2.47. The highest BCUT2D eigenvalue weighted by molar-refractivity contribution is 6.04. The summed E-state index contributed by atoms with van der Waals surface area (Å²) < 4.78 is 0. The third-order valence-corrected chi connectivity index (χ3v) is 2.76. The molecule has 0 aliphatic rings. The molecule has 0 fully saturated rings. The highest BCUT2D eigenvalue weighted by Crippen LogP contribution is 2.17. The predicted molar refractivity (Wildman–Crippen MR) is 77.7 cm³/mol. The number of aromatic nitrogens is 1. The predicted octanol–water partition coefficient (Wildman–Crippen LogP) is 2.27. The van der Waals surface area contributed by atoms with Crippen LogP contribution in [0.1, 0.15) is 16.1 Å². The highest BCUT2D eigenvalue weighted by atomic mass is 16.1. The number of carbonyl (C=O) groups is 1. The zero-order chi connectivity index (χ0) is 14.5. The number of hydrogen-bond donors (Lipinski definition) is 1. The molecular weight excluding hydrogens is 252 g/mol. The van der Waals surface area contributed by atoms with Crippen molar-refractivity contribution in [1.29, 1.82) is 5.26 Å². The van der Waals surface area contributed by atoms with Gasteiger partial charge >= 0.3 is 0 Å². The molecule has 20 heavy (non-hydrogen) atoms. The lowest BCUT2D eigenvalue weighted by Gasteiger charge is -2.14. The third kappa shape index (κ3) is 3.12. The van der Waals surface area contributed by atoms with Crippen LogP contribution in [0.25, 0.3) is 0 Å². The lowest BCUT2D eigenvalue weighted by Crippen LogP contribution is -2.13. The van der Waals surface area contributed by atoms with Gasteiger partial charge in [0.25, 0.3) is 5.91 Å². The van der Waals surface area contributed by atoms with Gasteiger partial charge in [0.1, 0.15) is 11.8 Å². The van der Waals surface area contributed by atoms with Crippen LogP contribution in [0.15, 0.2) is 42.6 Å². The van der Waals surface area contributed by atoms with E-state index in [0.29, 0.717) is 11.3 Å². The lowest BCUT2D eigenvalue weighted by molar-refractivity contribution is 0.102. The Bertz CT molecular complexity index is 656. The van der Waals surface area contributed by atoms with Gasteiger partial charge < -0.3 is 10.2 Å². The molecular formula is C15H14N4O. The van der Waals surface area contributed by atoms with Crippen LogP contribution in [0, 0.1) is 11.3 Å². The van der Waals surface area contributed by atoms with Crippen molar-refractivity contribution in [2.45, 2.75) is 0 Å². The van der Waals surface area contributed by atoms with E-state index in [0.717, 1.165) is 5.69 Å². The summed E-state index contributed by atoms with van der Waals surface area (Å²) in [6, 6.07) is 12.6. The molecule has 1 N–H and O–H groups in total. The molecule has 1 amide bonds. The molecule has 1 aromatic carbocycles. The summed E-state index contributed by atoms with van der Waals surface area (Å²) in [5.74, 6) is -0.252. The van der Waals surface area contributed by atoms with Crippen LogP contribution in [0.4, 0.5) is 11.4 Å². The van der Waals surface area contributed by atoms with Crippen LogP contribution in [0.5, 0.6) is 0 Å². The lowest BCUT2D eigenvalue weighted by atomic mass is 10.2. The smallest absolute Gasteiger partial charge is 0.257 e. The first-order valence-electron chi connectivity index (χ1n) is 6.05. The molecule has 0 radical (unpaired) electrons. The molecule has 0 atom stereocenters. The Labute approximate surface area is 117 Å². The molecule has 0 aliphatic heterocycles. The molecule has 1 aromatic heterocycles. The van der Waals surface area contributed by atoms with Crippen molar-refractivity contribution < 1.29 is 4.79 Å². The van der Waals surface area contributed by atoms with Crippen molar-refractivity contribution in [2.24, 2.45) is 0 Å². The van der Waals surface area contributed by atoms with Crippen molar-refractivity contribution in [1.82, 2.24) is 4.98 Å². The molecule has 0 aliphatic carbocycles. The van der Waals surface area contributed by atoms with Crippen molar-refractivity contribution in [3.8, 4) is 6.07 Å². The molecule has 0 bridgehead atoms. The number of benzene rings is 1. The number of carbonyl (C=O) groups excluding carboxylic acids is 1. The van der Waals surface area contributed by atoms with Crippen LogP contribution < -0.4 is 10.2 Å². The molecule has 100 valence electrons. The molecule has 2 aromatic rings. The van der Waals surface area contributed by atoms with Gasteiger partial charge in [-0.1, -0.05) is 6.07 Å². The van der Waals surface area contributed by atoms with Crippen LogP contribution in [-0.2, 0) is 0 Å². The van der Waals surface area contributed by atoms with Crippen molar-refractivity contribution in [2.75, 3.05) is 24.3 Å². The van der Waals surface area contributed by atoms with E-state index in [-0.39, 0.29) is 11.6 Å². The quantitative estimate of drug-likeness (QED) is 0.925. The molecule has 0 spiro atoms. The van der Waals surface area contributed by atoms with Crippen LogP contribution in [0.2, 0.25) is 0 Å². The minimum Gasteiger partial charge on any atom is -0.378 e. The van der Waals surface area contributed by atoms with E-state index in [1.54, 1.807) is 6.07 Å². The largest absolute Gasteiger partial charge is 0.378 e. The minimum absolute atomic E-state index is 0.252. The molecule has 5 heteroatoms. The monoisotopic (exact) mass is 266 g/mol. The highest BCUT2D eigenvalue weighted by Gasteiger charge is 2.07. The molecule has 0 saturated heterocycles. The van der Waals surface area contributed by atoms with Gasteiger partial charge in [-0.2, -0.15) is 5.26 Å². The van der Waals surface area contributed by atoms with Gasteiger partial charge in [0, 0.05) is 31.7 Å². The molecule has 1 heterocycles. The number of nitriles is 1. The number of hydrogen-bond acceptors (Lipinski definition) is 4. The van der Waals surface area contributed by atoms with Gasteiger partial charge in [0.15, 0.2) is 0 Å². The van der Waals surface area contributed by atoms with Crippen LogP contribution in [-0.4, -0.2) is 25.0 Å². The summed E-state index contributed by atoms with van der Waals surface area (Å²) in [5.41, 5.74) is 2.42. The standard InChI is InChI=1S/C15H14N4O/c1-19(2)14-5-3-4-12(8-14)18-15(20)11-6-7-13(9-16)17-10-11/h3-8,10H,1-2H3,(H,18,20). The van der Waals surface area contributed by atoms with E-state index in [9.17, 15) is 4.79 Å². The van der Waals surface area contributed by atoms with Gasteiger partial charge in [0.2, 0.25) is 0 Å². The zero-order valence-electron chi connectivity index (χ0n) is 11.3. The Morgan fingerprint density at radius 3 is 2.70 bits per heavy atom. The number of nitrogens with one attached hydrogen (secondary N) is 1. The molecule has 0 saturated carbocycles. The second-order valence-electron chi connectivity index (χ2n) is 4.44. The Balaban J connectivity index is 2.15. The van der Waals surface area contributed by atoms with E-state index in [1.807, 2.05) is 49.3 Å². The van der Waals surface area contributed by atoms with E-state index >= 15 is 0 Å². The summed E-state index contributed by atoms with van der Waals surface area (Å²) in [4.78, 5) is 17.9. The van der Waals surface area contributed by atoms with Crippen molar-refractivity contribution in [3.05, 3.63) is 53.9 Å². The summed E-state index contributed by atoms with van der Waals surface area (Å²) in [7, 11) is 3.87. The molecule has 0 unspecified atom stereocenters. The maximum Gasteiger partial charge on any atom is 0.257 e. The van der Waals surface area contributed by atoms with E-state index in [4.69, 9.17) is 5.26 Å². The Hall–Kier alpha value is -2.87. The van der Waals surface area contributed by atoms with Crippen molar-refractivity contribution in [3.63, 3.8) is 0 Å². The van der Waals surface area contributed by atoms with E-state index in [2.05, 4.69) is 10.3 Å². The zero-order valence-corrected chi connectivity index (χ0v) is 11.3. The summed E-state index contributed by atoms with van der Waals surface area (Å²) in [5, 5.41) is 11.5. The van der Waals surface area contributed by atoms with Crippen LogP contribution in [0.3, 0.4) is 0 Å². The van der Waals surface area contributed by atoms with Gasteiger partial charge in [0.05, 0.1) is 5.56 Å². The van der Waals surface area contributed by atoms with E-state index in [1.165, 1.54) is 12.3 Å². The van der Waals surface area contributed by atoms with E-state index < -0.39 is 0 Å². The number of pyridine rings is 1. The first kappa shape index (κ1) is 13.6. The third-order valence-electron chi connectivity index (χ3n) is 2.76. The second-order valence-corrected chi connectivity index (χ2v) is 4.44. The maximum atomic E-state index is 12.0. The molecule has 5 nitrogen and oxygen atoms in total. The summed E-state index contributed by atoms with van der Waals surface area (Å²) in [6.45, 7) is 0. The number of rotatable bonds is 3. The second kappa shape index (κ2) is 5.85. The Kier molecular flexibility index (Phi) is 3.96. The summed E-state index contributed by atoms with van der Waals surface area (Å²) in [6.07, 6.45) is 1.39. The first-order chi connectivity index (χ1) is 9.60. The first-order valence-corrected chi connectivity index (χ1v) is 6.05. The van der Waals surface area contributed by atoms with Gasteiger partial charge in [-0.05, 0) is 30.3 Å². The maximum absolute atomic E-state index is 12.0. The van der Waals surface area contributed by atoms with Gasteiger partial charge in [-0.15, -0.1) is 0 Å². The average molecular weight is 266 g/mol. The number of anilines is 2. The topological polar surface area (TPSA) is 69.0 Å². The SMILES string of the molecule is CN(C)c1cccc(NC(=O)c2ccc(C#N)nc2)c1.